The summed E-state index contributed by atoms with van der Waals surface area (Å²) in [7, 11) is -10.6. The third-order valence-electron chi connectivity index (χ3n) is 10.0. The largest absolute Gasteiger partial charge is 0.472 e. The molecule has 3 aliphatic heterocycles. The monoisotopic (exact) mass is 821 g/mol. The maximum absolute atomic E-state index is 15.3. The minimum Gasteiger partial charge on any atom is -0.386 e. The molecule has 302 valence electrons. The van der Waals surface area contributed by atoms with Crippen molar-refractivity contribution < 1.29 is 60.4 Å². The van der Waals surface area contributed by atoms with Gasteiger partial charge in [0, 0.05) is 6.42 Å². The van der Waals surface area contributed by atoms with Crippen LogP contribution in [0.5, 0.6) is 0 Å². The van der Waals surface area contributed by atoms with Crippen LogP contribution < -0.4 is 17.0 Å². The van der Waals surface area contributed by atoms with Gasteiger partial charge in [0.2, 0.25) is 5.95 Å². The van der Waals surface area contributed by atoms with Gasteiger partial charge in [0.15, 0.2) is 35.1 Å². The minimum absolute atomic E-state index is 0.000226. The molecule has 27 heteroatoms. The first kappa shape index (κ1) is 39.6. The van der Waals surface area contributed by atoms with Crippen molar-refractivity contribution in [2.45, 2.75) is 76.1 Å². The lowest BCUT2D eigenvalue weighted by molar-refractivity contribution is -0.0673. The quantitative estimate of drug-likeness (QED) is 0.151. The third kappa shape index (κ3) is 7.06. The number of nitrogens with zero attached hydrogens (tertiary/aromatic N) is 8. The Hall–Kier alpha value is -3.58. The lowest BCUT2D eigenvalue weighted by atomic mass is 9.94. The molecule has 3 saturated heterocycles. The molecule has 55 heavy (non-hydrogen) atoms. The molecule has 0 aromatic carbocycles. The molecular weight excluding hydrogens is 782 g/mol. The molecule has 4 aliphatic rings. The number of H-pyrrole nitrogens is 1. The minimum atomic E-state index is -5.32. The number of nitrogen functional groups attached to an aromatic ring is 2. The van der Waals surface area contributed by atoms with Crippen LogP contribution in [-0.2, 0) is 36.7 Å². The lowest BCUT2D eigenvalue weighted by Crippen LogP contribution is -2.37. The summed E-state index contributed by atoms with van der Waals surface area (Å²) in [6.45, 7) is 8.16. The van der Waals surface area contributed by atoms with E-state index in [1.807, 2.05) is 0 Å². The molecule has 4 aromatic rings. The van der Waals surface area contributed by atoms with Crippen LogP contribution in [0.3, 0.4) is 0 Å². The van der Waals surface area contributed by atoms with Gasteiger partial charge in [0.05, 0.1) is 37.4 Å². The number of halogens is 2. The van der Waals surface area contributed by atoms with E-state index in [2.05, 4.69) is 55.6 Å². The second-order valence-electron chi connectivity index (χ2n) is 13.1. The number of hydrogen-bond donors (Lipinski definition) is 6. The van der Waals surface area contributed by atoms with Gasteiger partial charge in [-0.2, -0.15) is 4.98 Å². The van der Waals surface area contributed by atoms with E-state index in [0.29, 0.717) is 0 Å². The van der Waals surface area contributed by atoms with Crippen molar-refractivity contribution in [3.63, 3.8) is 0 Å². The number of phosphoric acid groups is 2. The summed E-state index contributed by atoms with van der Waals surface area (Å²) in [5.74, 6) is -3.93. The zero-order valence-corrected chi connectivity index (χ0v) is 31.2. The Bertz CT molecular complexity index is 2220. The normalized spacial score (nSPS) is 35.9. The van der Waals surface area contributed by atoms with E-state index in [9.17, 15) is 28.8 Å². The number of alkyl halides is 2. The fourth-order valence-corrected chi connectivity index (χ4v) is 9.01. The van der Waals surface area contributed by atoms with Crippen LogP contribution in [0.2, 0.25) is 0 Å². The Morgan fingerprint density at radius 3 is 2.18 bits per heavy atom. The Labute approximate surface area is 309 Å². The van der Waals surface area contributed by atoms with E-state index in [-0.39, 0.29) is 34.1 Å². The van der Waals surface area contributed by atoms with E-state index in [1.54, 1.807) is 0 Å². The van der Waals surface area contributed by atoms with E-state index in [4.69, 9.17) is 39.0 Å². The van der Waals surface area contributed by atoms with Gasteiger partial charge in [0.25, 0.3) is 11.5 Å². The summed E-state index contributed by atoms with van der Waals surface area (Å²) in [6, 6.07) is 0. The van der Waals surface area contributed by atoms with Crippen molar-refractivity contribution in [3.8, 4) is 0 Å². The molecule has 8 rings (SSSR count). The molecule has 1 aliphatic carbocycles. The van der Waals surface area contributed by atoms with Gasteiger partial charge in [-0.15, -0.1) is 0 Å². The molecule has 2 bridgehead atoms. The second kappa shape index (κ2) is 14.4. The maximum Gasteiger partial charge on any atom is 0.472 e. The molecule has 10 atom stereocenters. The summed E-state index contributed by atoms with van der Waals surface area (Å²) in [4.78, 5) is 58.3. The number of ether oxygens (including phenoxy) is 2. The first-order valence-electron chi connectivity index (χ1n) is 17.0. The number of hydrogen-bond acceptors (Lipinski definition) is 18. The molecule has 4 aromatic heterocycles. The predicted octanol–water partition coefficient (Wildman–Crippen LogP) is 0.671. The van der Waals surface area contributed by atoms with Crippen molar-refractivity contribution in [3.05, 3.63) is 29.3 Å². The number of anilines is 2. The highest BCUT2D eigenvalue weighted by atomic mass is 31.2. The first-order valence-corrected chi connectivity index (χ1v) is 20.0. The Morgan fingerprint density at radius 2 is 1.55 bits per heavy atom. The number of fused-ring (bicyclic) bond motifs is 3. The number of rotatable bonds is 5. The van der Waals surface area contributed by atoms with E-state index in [0.717, 1.165) is 28.1 Å². The maximum atomic E-state index is 15.3. The molecule has 2 unspecified atom stereocenters. The van der Waals surface area contributed by atoms with Crippen LogP contribution in [0.15, 0.2) is 23.8 Å². The van der Waals surface area contributed by atoms with Gasteiger partial charge in [-0.25, -0.2) is 37.8 Å². The number of imidazole rings is 2. The molecule has 4 fully saturated rings. The molecule has 7 heterocycles. The molecule has 23 nitrogen and oxygen atoms in total. The number of phosphoric ester groups is 2. The zero-order valence-electron chi connectivity index (χ0n) is 29.4. The molecule has 0 amide bonds. The van der Waals surface area contributed by atoms with E-state index in [1.165, 1.54) is 19.6 Å². The van der Waals surface area contributed by atoms with Crippen molar-refractivity contribution >= 4 is 49.7 Å². The van der Waals surface area contributed by atoms with Gasteiger partial charge < -0.3 is 40.7 Å². The Balaban J connectivity index is 0.000000609. The van der Waals surface area contributed by atoms with Crippen LogP contribution in [0.4, 0.5) is 20.5 Å². The molecule has 0 radical (unpaired) electrons. The van der Waals surface area contributed by atoms with Crippen molar-refractivity contribution in [2.75, 3.05) is 44.3 Å². The van der Waals surface area contributed by atoms with Gasteiger partial charge in [0.1, 0.15) is 36.3 Å². The van der Waals surface area contributed by atoms with Crippen LogP contribution in [0, 0.1) is 5.41 Å². The summed E-state index contributed by atoms with van der Waals surface area (Å²) in [5.41, 5.74) is 8.15. The second-order valence-corrected chi connectivity index (χ2v) is 15.9. The van der Waals surface area contributed by atoms with Gasteiger partial charge in [-0.3, -0.25) is 37.0 Å². The number of nitrogens with one attached hydrogen (secondary N) is 1. The van der Waals surface area contributed by atoms with Gasteiger partial charge in [-0.1, -0.05) is 20.8 Å². The molecule has 1 saturated carbocycles. The number of aliphatic hydroxyl groups excluding tert-OH is 1. The standard InChI is InChI=1S/C22H24F2N10O12P2.C6H15N/c23-22(24)3-21(22)8-2-42-47(37,38)45-12-7(43-18(11(12)35)34-6-30-10-16(34)31-20(26)32-17(10)36)1-41-48(39,40)46-13(21)19(44-8)33-5-29-9-14(25)27-4-28-15(9)33;1-4-7(5-2)6-3/h4-8,11-13,18-19,35H,1-3H2,(H,37,38)(H,39,40)(H2,25,27,28)(H3,26,31,32,36);4-6H2,1-3H3/t7-,8-,11-,12-,13+,18-,19-,21-;/m1./s1. The van der Waals surface area contributed by atoms with Crippen LogP contribution in [0.1, 0.15) is 39.6 Å². The topological polar surface area (TPSA) is 313 Å². The fraction of sp³-hybridized carbons (Fsp3) is 0.643. The van der Waals surface area contributed by atoms with Crippen molar-refractivity contribution in [1.82, 2.24) is 43.9 Å². The fourth-order valence-electron chi connectivity index (χ4n) is 7.08. The highest BCUT2D eigenvalue weighted by molar-refractivity contribution is 7.47. The van der Waals surface area contributed by atoms with Crippen LogP contribution in [-0.4, -0.2) is 128 Å². The lowest BCUT2D eigenvalue weighted by Gasteiger charge is -2.27. The number of aromatic amines is 1. The summed E-state index contributed by atoms with van der Waals surface area (Å²) in [5, 5.41) is 11.2. The van der Waals surface area contributed by atoms with Crippen molar-refractivity contribution in [2.24, 2.45) is 5.41 Å². The SMILES string of the molecule is CCN(CC)CC.Nc1nc2c(ncn2[C@@H]2O[C@@H]3COP(=O)(O)O[C@H]4[C@H](n5cnc6c(N)ncnc65)O[C@H](COP(=O)(O)O[C@H]3[C@H]2O)[C@]42CC2(F)F)c(=O)[nH]1. The molecule has 1 spiro atoms. The summed E-state index contributed by atoms with van der Waals surface area (Å²) >= 11 is 0. The molecule has 8 N–H and O–H groups in total. The zero-order chi connectivity index (χ0) is 39.7. The van der Waals surface area contributed by atoms with Crippen LogP contribution in [0.25, 0.3) is 22.3 Å². The highest BCUT2D eigenvalue weighted by Gasteiger charge is 2.84. The summed E-state index contributed by atoms with van der Waals surface area (Å²) < 4.78 is 92.1. The average molecular weight is 822 g/mol. The highest BCUT2D eigenvalue weighted by Crippen LogP contribution is 2.73. The summed E-state index contributed by atoms with van der Waals surface area (Å²) in [6.07, 6.45) is -9.78. The van der Waals surface area contributed by atoms with E-state index < -0.39 is 95.2 Å². The Kier molecular flexibility index (Phi) is 10.4. The first-order chi connectivity index (χ1) is 26.0. The average Bonchev–Trinajstić information content (AvgIpc) is 3.62. The van der Waals surface area contributed by atoms with Gasteiger partial charge >= 0.3 is 15.6 Å². The van der Waals surface area contributed by atoms with E-state index >= 15 is 8.78 Å². The number of aliphatic hydroxyl groups is 1. The number of nitrogens with two attached hydrogens (primary N) is 2. The smallest absolute Gasteiger partial charge is 0.386 e. The Morgan fingerprint density at radius 1 is 0.927 bits per heavy atom. The number of aromatic nitrogens is 8. The van der Waals surface area contributed by atoms with Gasteiger partial charge in [-0.05, 0) is 19.6 Å². The van der Waals surface area contributed by atoms with Crippen LogP contribution >= 0.6 is 15.6 Å². The third-order valence-corrected chi connectivity index (χ3v) is 12.0. The predicted molar refractivity (Wildman–Crippen MR) is 183 cm³/mol. The molecular formula is C28H39F2N11O12P2. The van der Waals surface area contributed by atoms with Crippen molar-refractivity contribution in [1.29, 1.82) is 0 Å².